The molecule has 8 heteroatoms. The van der Waals surface area contributed by atoms with E-state index in [-0.39, 0.29) is 0 Å². The van der Waals surface area contributed by atoms with Crippen LogP contribution in [-0.4, -0.2) is 19.7 Å². The molecule has 26 heavy (non-hydrogen) atoms. The SMILES string of the molecule is Cc1cccc(-c2nc(CSc3nnc(-c4ccc(Br)o4)n3C)cs2)c1. The largest absolute Gasteiger partial charge is 0.446 e. The Balaban J connectivity index is 1.48. The summed E-state index contributed by atoms with van der Waals surface area (Å²) >= 11 is 6.59. The summed E-state index contributed by atoms with van der Waals surface area (Å²) in [5.74, 6) is 2.14. The van der Waals surface area contributed by atoms with Crippen molar-refractivity contribution in [3.63, 3.8) is 0 Å². The van der Waals surface area contributed by atoms with Crippen molar-refractivity contribution in [3.05, 3.63) is 57.7 Å². The third-order valence-corrected chi connectivity index (χ3v) is 6.21. The van der Waals surface area contributed by atoms with E-state index >= 15 is 0 Å². The predicted molar refractivity (Wildman–Crippen MR) is 108 cm³/mol. The van der Waals surface area contributed by atoms with E-state index in [2.05, 4.69) is 62.7 Å². The molecule has 0 N–H and O–H groups in total. The van der Waals surface area contributed by atoms with E-state index in [1.807, 2.05) is 23.7 Å². The van der Waals surface area contributed by atoms with Gasteiger partial charge >= 0.3 is 0 Å². The molecule has 0 fully saturated rings. The molecule has 3 aromatic heterocycles. The molecule has 0 spiro atoms. The molecular formula is C18H15BrN4OS2. The lowest BCUT2D eigenvalue weighted by atomic mass is 10.1. The van der Waals surface area contributed by atoms with Crippen molar-refractivity contribution in [3.8, 4) is 22.2 Å². The Morgan fingerprint density at radius 2 is 2.12 bits per heavy atom. The van der Waals surface area contributed by atoms with Gasteiger partial charge in [-0.25, -0.2) is 4.98 Å². The fraction of sp³-hybridized carbons (Fsp3) is 0.167. The van der Waals surface area contributed by atoms with Gasteiger partial charge in [0.1, 0.15) is 5.01 Å². The average molecular weight is 447 g/mol. The summed E-state index contributed by atoms with van der Waals surface area (Å²) in [6.07, 6.45) is 0. The molecule has 0 radical (unpaired) electrons. The zero-order chi connectivity index (χ0) is 18.1. The fourth-order valence-corrected chi connectivity index (χ4v) is 4.54. The predicted octanol–water partition coefficient (Wildman–Crippen LogP) is 5.56. The van der Waals surface area contributed by atoms with Crippen LogP contribution in [0, 0.1) is 6.92 Å². The van der Waals surface area contributed by atoms with Crippen molar-refractivity contribution < 1.29 is 4.42 Å². The van der Waals surface area contributed by atoms with Crippen molar-refractivity contribution in [1.82, 2.24) is 19.7 Å². The first-order chi connectivity index (χ1) is 12.6. The summed E-state index contributed by atoms with van der Waals surface area (Å²) in [6.45, 7) is 2.09. The van der Waals surface area contributed by atoms with Crippen LogP contribution in [0.15, 0.2) is 56.0 Å². The van der Waals surface area contributed by atoms with Crippen LogP contribution in [0.1, 0.15) is 11.3 Å². The molecule has 0 saturated carbocycles. The quantitative estimate of drug-likeness (QED) is 0.375. The molecule has 5 nitrogen and oxygen atoms in total. The van der Waals surface area contributed by atoms with Gasteiger partial charge in [-0.2, -0.15) is 0 Å². The number of halogens is 1. The standard InChI is InChI=1S/C18H15BrN4OS2/c1-11-4-3-5-12(8-11)17-20-13(9-25-17)10-26-18-22-21-16(23(18)2)14-6-7-15(19)24-14/h3-9H,10H2,1-2H3. The molecule has 0 aliphatic heterocycles. The number of benzene rings is 1. The molecule has 0 amide bonds. The fourth-order valence-electron chi connectivity index (χ4n) is 2.51. The number of thiazole rings is 1. The summed E-state index contributed by atoms with van der Waals surface area (Å²) in [5.41, 5.74) is 3.45. The molecular weight excluding hydrogens is 432 g/mol. The van der Waals surface area contributed by atoms with Crippen LogP contribution in [0.3, 0.4) is 0 Å². The van der Waals surface area contributed by atoms with Gasteiger partial charge in [0.05, 0.1) is 5.69 Å². The molecule has 0 aliphatic carbocycles. The van der Waals surface area contributed by atoms with E-state index in [0.29, 0.717) is 16.3 Å². The second kappa shape index (κ2) is 7.38. The van der Waals surface area contributed by atoms with Crippen molar-refractivity contribution in [2.24, 2.45) is 7.05 Å². The maximum atomic E-state index is 5.56. The zero-order valence-corrected chi connectivity index (χ0v) is 17.4. The first kappa shape index (κ1) is 17.5. The van der Waals surface area contributed by atoms with Crippen molar-refractivity contribution in [2.45, 2.75) is 17.8 Å². The van der Waals surface area contributed by atoms with Gasteiger partial charge < -0.3 is 8.98 Å². The molecule has 0 saturated heterocycles. The molecule has 3 heterocycles. The number of nitrogens with zero attached hydrogens (tertiary/aromatic N) is 4. The summed E-state index contributed by atoms with van der Waals surface area (Å²) in [7, 11) is 1.94. The van der Waals surface area contributed by atoms with Gasteiger partial charge in [-0.3, -0.25) is 0 Å². The van der Waals surface area contributed by atoms with E-state index in [4.69, 9.17) is 9.40 Å². The van der Waals surface area contributed by atoms with Crippen LogP contribution < -0.4 is 0 Å². The van der Waals surface area contributed by atoms with Crippen molar-refractivity contribution >= 4 is 39.0 Å². The minimum absolute atomic E-state index is 0.677. The van der Waals surface area contributed by atoms with E-state index < -0.39 is 0 Å². The molecule has 4 rings (SSSR count). The summed E-state index contributed by atoms with van der Waals surface area (Å²) in [6, 6.07) is 12.1. The van der Waals surface area contributed by atoms with Gasteiger partial charge in [0.25, 0.3) is 0 Å². The van der Waals surface area contributed by atoms with Gasteiger partial charge in [-0.1, -0.05) is 35.5 Å². The Hall–Kier alpha value is -1.90. The minimum atomic E-state index is 0.677. The monoisotopic (exact) mass is 446 g/mol. The van der Waals surface area contributed by atoms with Gasteiger partial charge in [0.2, 0.25) is 0 Å². The van der Waals surface area contributed by atoms with Crippen LogP contribution in [0.2, 0.25) is 0 Å². The van der Waals surface area contributed by atoms with Crippen LogP contribution in [-0.2, 0) is 12.8 Å². The lowest BCUT2D eigenvalue weighted by Crippen LogP contribution is -1.94. The first-order valence-electron chi connectivity index (χ1n) is 7.89. The Kier molecular flexibility index (Phi) is 4.97. The Morgan fingerprint density at radius 3 is 2.88 bits per heavy atom. The molecule has 4 aromatic rings. The molecule has 0 unspecified atom stereocenters. The minimum Gasteiger partial charge on any atom is -0.446 e. The van der Waals surface area contributed by atoms with E-state index in [1.165, 1.54) is 5.56 Å². The normalized spacial score (nSPS) is 11.2. The number of furan rings is 1. The molecule has 0 aliphatic rings. The topological polar surface area (TPSA) is 56.7 Å². The van der Waals surface area contributed by atoms with E-state index in [9.17, 15) is 0 Å². The number of rotatable bonds is 5. The highest BCUT2D eigenvalue weighted by Gasteiger charge is 2.15. The van der Waals surface area contributed by atoms with Crippen LogP contribution in [0.25, 0.3) is 22.2 Å². The Bertz CT molecular complexity index is 1050. The lowest BCUT2D eigenvalue weighted by molar-refractivity contribution is 0.547. The number of aromatic nitrogens is 4. The van der Waals surface area contributed by atoms with Crippen molar-refractivity contribution in [1.29, 1.82) is 0 Å². The summed E-state index contributed by atoms with van der Waals surface area (Å²) in [5, 5.41) is 12.5. The number of hydrogen-bond acceptors (Lipinski definition) is 6. The third kappa shape index (κ3) is 3.62. The second-order valence-electron chi connectivity index (χ2n) is 5.77. The van der Waals surface area contributed by atoms with Gasteiger partial charge in [0.15, 0.2) is 21.4 Å². The maximum absolute atomic E-state index is 5.56. The average Bonchev–Trinajstić information content (AvgIpc) is 3.33. The van der Waals surface area contributed by atoms with Crippen molar-refractivity contribution in [2.75, 3.05) is 0 Å². The van der Waals surface area contributed by atoms with E-state index in [0.717, 1.165) is 27.2 Å². The summed E-state index contributed by atoms with van der Waals surface area (Å²) in [4.78, 5) is 4.75. The molecule has 132 valence electrons. The zero-order valence-electron chi connectivity index (χ0n) is 14.1. The lowest BCUT2D eigenvalue weighted by Gasteiger charge is -2.01. The molecule has 0 bridgehead atoms. The first-order valence-corrected chi connectivity index (χ1v) is 10.6. The van der Waals surface area contributed by atoms with E-state index in [1.54, 1.807) is 23.1 Å². The third-order valence-electron chi connectivity index (χ3n) is 3.79. The van der Waals surface area contributed by atoms with Crippen LogP contribution >= 0.6 is 39.0 Å². The number of aryl methyl sites for hydroxylation is 1. The maximum Gasteiger partial charge on any atom is 0.200 e. The second-order valence-corrected chi connectivity index (χ2v) is 8.35. The smallest absolute Gasteiger partial charge is 0.200 e. The highest BCUT2D eigenvalue weighted by Crippen LogP contribution is 2.30. The Morgan fingerprint density at radius 1 is 1.23 bits per heavy atom. The van der Waals surface area contributed by atoms with Gasteiger partial charge in [-0.15, -0.1) is 21.5 Å². The number of thioether (sulfide) groups is 1. The molecule has 0 atom stereocenters. The number of hydrogen-bond donors (Lipinski definition) is 0. The highest BCUT2D eigenvalue weighted by molar-refractivity contribution is 9.10. The highest BCUT2D eigenvalue weighted by atomic mass is 79.9. The molecule has 1 aromatic carbocycles. The van der Waals surface area contributed by atoms with Crippen LogP contribution in [0.4, 0.5) is 0 Å². The van der Waals surface area contributed by atoms with Crippen LogP contribution in [0.5, 0.6) is 0 Å². The summed E-state index contributed by atoms with van der Waals surface area (Å²) < 4.78 is 8.17. The van der Waals surface area contributed by atoms with Gasteiger partial charge in [0, 0.05) is 23.7 Å². The Labute approximate surface area is 167 Å². The van der Waals surface area contributed by atoms with Gasteiger partial charge in [-0.05, 0) is 41.1 Å².